The lowest BCUT2D eigenvalue weighted by Gasteiger charge is -2.14. The van der Waals surface area contributed by atoms with Gasteiger partial charge in [-0.2, -0.15) is 0 Å². The fourth-order valence-electron chi connectivity index (χ4n) is 3.69. The quantitative estimate of drug-likeness (QED) is 0.570. The minimum absolute atomic E-state index is 0.00875. The predicted molar refractivity (Wildman–Crippen MR) is 116 cm³/mol. The molecule has 2 aromatic rings. The molecule has 0 spiro atoms. The zero-order chi connectivity index (χ0) is 23.7. The lowest BCUT2D eigenvalue weighted by atomic mass is 10.0. The van der Waals surface area contributed by atoms with E-state index in [1.165, 1.54) is 25.3 Å². The molecule has 174 valence electrons. The lowest BCUT2D eigenvalue weighted by molar-refractivity contribution is -0.164. The number of aryl methyl sites for hydroxylation is 1. The number of H-pyrrole nitrogens is 1. The van der Waals surface area contributed by atoms with Crippen molar-refractivity contribution in [2.75, 3.05) is 32.2 Å². The molecule has 1 fully saturated rings. The number of aromatic amines is 1. The number of aromatic nitrogens is 1. The highest BCUT2D eigenvalue weighted by molar-refractivity contribution is 6.34. The number of methoxy groups -OCH3 is 1. The average molecular weight is 458 g/mol. The van der Waals surface area contributed by atoms with Gasteiger partial charge in [0.1, 0.15) is 18.5 Å². The minimum atomic E-state index is -0.871. The number of amides is 3. The zero-order valence-electron chi connectivity index (χ0n) is 18.3. The van der Waals surface area contributed by atoms with Crippen molar-refractivity contribution in [3.63, 3.8) is 0 Å². The number of ether oxygens (including phenoxy) is 2. The summed E-state index contributed by atoms with van der Waals surface area (Å²) in [6.45, 7) is 3.96. The van der Waals surface area contributed by atoms with E-state index in [-0.39, 0.29) is 30.4 Å². The zero-order valence-corrected chi connectivity index (χ0v) is 18.3. The Morgan fingerprint density at radius 3 is 2.91 bits per heavy atom. The molecule has 10 nitrogen and oxygen atoms in total. The van der Waals surface area contributed by atoms with Crippen LogP contribution in [0.25, 0.3) is 11.6 Å². The highest BCUT2D eigenvalue weighted by Gasteiger charge is 2.35. The largest absolute Gasteiger partial charge is 0.413 e. The SMILES string of the molecule is COCCN1OC[C@H](NC(=O)Oc2c(C)[nH]c(/C=C3\C(=O)Nc4ccc(F)cc43)c2C)C1=O. The van der Waals surface area contributed by atoms with Crippen LogP contribution in [0.4, 0.5) is 14.9 Å². The molecule has 11 heteroatoms. The number of nitrogens with zero attached hydrogens (tertiary/aromatic N) is 1. The highest BCUT2D eigenvalue weighted by atomic mass is 19.1. The smallest absolute Gasteiger partial charge is 0.408 e. The lowest BCUT2D eigenvalue weighted by Crippen LogP contribution is -2.44. The number of hydroxylamine groups is 2. The Morgan fingerprint density at radius 1 is 1.36 bits per heavy atom. The number of nitrogens with one attached hydrogen (secondary N) is 3. The average Bonchev–Trinajstić information content (AvgIpc) is 3.36. The van der Waals surface area contributed by atoms with E-state index < -0.39 is 23.9 Å². The number of fused-ring (bicyclic) bond motifs is 1. The Labute approximate surface area is 188 Å². The van der Waals surface area contributed by atoms with E-state index in [4.69, 9.17) is 14.3 Å². The first-order valence-electron chi connectivity index (χ1n) is 10.2. The second-order valence-corrected chi connectivity index (χ2v) is 7.64. The third-order valence-electron chi connectivity index (χ3n) is 5.39. The van der Waals surface area contributed by atoms with Crippen molar-refractivity contribution in [2.24, 2.45) is 0 Å². The summed E-state index contributed by atoms with van der Waals surface area (Å²) in [7, 11) is 1.51. The normalized spacial score (nSPS) is 18.6. The molecule has 33 heavy (non-hydrogen) atoms. The Balaban J connectivity index is 1.48. The van der Waals surface area contributed by atoms with Crippen LogP contribution in [0.5, 0.6) is 5.75 Å². The Hall–Kier alpha value is -3.70. The van der Waals surface area contributed by atoms with Crippen LogP contribution >= 0.6 is 0 Å². The highest BCUT2D eigenvalue weighted by Crippen LogP contribution is 2.35. The van der Waals surface area contributed by atoms with Crippen molar-refractivity contribution in [1.82, 2.24) is 15.4 Å². The van der Waals surface area contributed by atoms with Gasteiger partial charge in [0.15, 0.2) is 5.75 Å². The fourth-order valence-corrected chi connectivity index (χ4v) is 3.69. The molecule has 3 N–H and O–H groups in total. The van der Waals surface area contributed by atoms with Crippen molar-refractivity contribution in [1.29, 1.82) is 0 Å². The maximum absolute atomic E-state index is 13.7. The summed E-state index contributed by atoms with van der Waals surface area (Å²) in [6, 6.07) is 3.18. The first-order chi connectivity index (χ1) is 15.8. The monoisotopic (exact) mass is 458 g/mol. The van der Waals surface area contributed by atoms with Crippen LogP contribution in [0.1, 0.15) is 22.5 Å². The molecule has 1 atom stereocenters. The Bertz CT molecular complexity index is 1160. The van der Waals surface area contributed by atoms with Crippen LogP contribution in [0, 0.1) is 19.7 Å². The number of carbonyl (C=O) groups excluding carboxylic acids is 3. The molecule has 1 saturated heterocycles. The second-order valence-electron chi connectivity index (χ2n) is 7.64. The molecular weight excluding hydrogens is 435 g/mol. The van der Waals surface area contributed by atoms with Gasteiger partial charge in [-0.05, 0) is 38.1 Å². The van der Waals surface area contributed by atoms with E-state index in [0.717, 1.165) is 5.06 Å². The van der Waals surface area contributed by atoms with E-state index >= 15 is 0 Å². The van der Waals surface area contributed by atoms with Crippen molar-refractivity contribution in [3.05, 3.63) is 46.5 Å². The van der Waals surface area contributed by atoms with Gasteiger partial charge in [0, 0.05) is 29.6 Å². The van der Waals surface area contributed by atoms with Crippen LogP contribution in [-0.4, -0.2) is 60.9 Å². The van der Waals surface area contributed by atoms with Crippen LogP contribution < -0.4 is 15.4 Å². The third-order valence-corrected chi connectivity index (χ3v) is 5.39. The number of benzene rings is 1. The number of hydrogen-bond acceptors (Lipinski definition) is 6. The Morgan fingerprint density at radius 2 is 2.15 bits per heavy atom. The fraction of sp³-hybridized carbons (Fsp3) is 0.318. The van der Waals surface area contributed by atoms with Crippen LogP contribution in [0.3, 0.4) is 0 Å². The van der Waals surface area contributed by atoms with Gasteiger partial charge in [-0.25, -0.2) is 14.2 Å². The summed E-state index contributed by atoms with van der Waals surface area (Å²) < 4.78 is 24.1. The van der Waals surface area contributed by atoms with Gasteiger partial charge in [0.25, 0.3) is 11.8 Å². The second kappa shape index (κ2) is 9.04. The first kappa shape index (κ1) is 22.5. The van der Waals surface area contributed by atoms with Crippen LogP contribution in [-0.2, 0) is 19.2 Å². The third kappa shape index (κ3) is 4.45. The molecule has 3 amide bonds. The van der Waals surface area contributed by atoms with Crippen molar-refractivity contribution in [2.45, 2.75) is 19.9 Å². The summed E-state index contributed by atoms with van der Waals surface area (Å²) in [5, 5.41) is 6.32. The first-order valence-corrected chi connectivity index (χ1v) is 10.2. The van der Waals surface area contributed by atoms with E-state index in [2.05, 4.69) is 15.6 Å². The van der Waals surface area contributed by atoms with Gasteiger partial charge >= 0.3 is 6.09 Å². The maximum Gasteiger partial charge on any atom is 0.413 e. The van der Waals surface area contributed by atoms with E-state index in [0.29, 0.717) is 34.8 Å². The van der Waals surface area contributed by atoms with E-state index in [1.807, 2.05) is 0 Å². The number of rotatable bonds is 6. The molecular formula is C22H23FN4O6. The Kier molecular flexibility index (Phi) is 6.16. The van der Waals surface area contributed by atoms with Gasteiger partial charge in [0.2, 0.25) is 0 Å². The molecule has 0 radical (unpaired) electrons. The van der Waals surface area contributed by atoms with Gasteiger partial charge in [0.05, 0.1) is 24.4 Å². The van der Waals surface area contributed by atoms with Crippen molar-refractivity contribution < 1.29 is 33.1 Å². The molecule has 1 aromatic heterocycles. The van der Waals surface area contributed by atoms with Gasteiger partial charge in [-0.3, -0.25) is 14.4 Å². The maximum atomic E-state index is 13.7. The number of carbonyl (C=O) groups is 3. The van der Waals surface area contributed by atoms with Crippen molar-refractivity contribution in [3.8, 4) is 5.75 Å². The molecule has 2 aliphatic heterocycles. The summed E-state index contributed by atoms with van der Waals surface area (Å²) in [4.78, 5) is 45.4. The minimum Gasteiger partial charge on any atom is -0.408 e. The molecule has 2 aliphatic rings. The van der Waals surface area contributed by atoms with Gasteiger partial charge < -0.3 is 25.1 Å². The summed E-state index contributed by atoms with van der Waals surface area (Å²) in [5.41, 5.74) is 2.90. The molecule has 4 rings (SSSR count). The number of anilines is 1. The molecule has 1 aromatic carbocycles. The predicted octanol–water partition coefficient (Wildman–Crippen LogP) is 2.14. The molecule has 0 bridgehead atoms. The van der Waals surface area contributed by atoms with Gasteiger partial charge in [-0.1, -0.05) is 0 Å². The summed E-state index contributed by atoms with van der Waals surface area (Å²) in [6.07, 6.45) is 0.761. The standard InChI is InChI=1S/C22H23FN4O6/c1-11-17(9-15-14-8-13(23)4-5-16(14)25-20(15)28)24-12(2)19(11)33-22(30)26-18-10-32-27(21(18)29)6-7-31-3/h4-5,8-9,18,24H,6-7,10H2,1-3H3,(H,25,28)(H,26,30)/b15-9-/t18-/m0/s1. The molecule has 0 saturated carbocycles. The summed E-state index contributed by atoms with van der Waals surface area (Å²) >= 11 is 0. The topological polar surface area (TPSA) is 122 Å². The van der Waals surface area contributed by atoms with E-state index in [9.17, 15) is 18.8 Å². The summed E-state index contributed by atoms with van der Waals surface area (Å²) in [5.74, 6) is -0.947. The van der Waals surface area contributed by atoms with Crippen molar-refractivity contribution >= 4 is 35.2 Å². The number of halogens is 1. The number of hydrogen-bond donors (Lipinski definition) is 3. The molecule has 0 unspecified atom stereocenters. The van der Waals surface area contributed by atoms with Gasteiger partial charge in [-0.15, -0.1) is 0 Å². The van der Waals surface area contributed by atoms with Crippen LogP contribution in [0.2, 0.25) is 0 Å². The van der Waals surface area contributed by atoms with Crippen LogP contribution in [0.15, 0.2) is 18.2 Å². The van der Waals surface area contributed by atoms with E-state index in [1.54, 1.807) is 19.9 Å². The molecule has 3 heterocycles. The molecule has 0 aliphatic carbocycles.